The summed E-state index contributed by atoms with van der Waals surface area (Å²) in [7, 11) is 0. The van der Waals surface area contributed by atoms with E-state index in [1.807, 2.05) is 0 Å². The van der Waals surface area contributed by atoms with Gasteiger partial charge in [0.2, 0.25) is 0 Å². The van der Waals surface area contributed by atoms with Crippen molar-refractivity contribution in [3.05, 3.63) is 95.4 Å². The van der Waals surface area contributed by atoms with Gasteiger partial charge >= 0.3 is 18.0 Å². The highest BCUT2D eigenvalue weighted by molar-refractivity contribution is 5.89. The second kappa shape index (κ2) is 10.7. The predicted octanol–water partition coefficient (Wildman–Crippen LogP) is 4.27. The van der Waals surface area contributed by atoms with Crippen LogP contribution in [0.25, 0.3) is 22.6 Å². The van der Waals surface area contributed by atoms with Gasteiger partial charge in [0.25, 0.3) is 0 Å². The number of hydrogen-bond donors (Lipinski definition) is 4. The van der Waals surface area contributed by atoms with E-state index in [0.29, 0.717) is 34.2 Å². The Hall–Kier alpha value is -5.45. The van der Waals surface area contributed by atoms with E-state index in [0.717, 1.165) is 0 Å². The van der Waals surface area contributed by atoms with Crippen molar-refractivity contribution in [3.63, 3.8) is 0 Å². The lowest BCUT2D eigenvalue weighted by Gasteiger charge is -1.98. The van der Waals surface area contributed by atoms with Gasteiger partial charge in [0, 0.05) is 11.1 Å². The molecule has 2 aromatic heterocycles. The van der Waals surface area contributed by atoms with Crippen LogP contribution in [0, 0.1) is 0 Å². The van der Waals surface area contributed by atoms with Crippen LogP contribution in [-0.4, -0.2) is 40.6 Å². The van der Waals surface area contributed by atoms with Gasteiger partial charge in [-0.15, -0.1) is 0 Å². The Labute approximate surface area is 203 Å². The normalized spacial score (nSPS) is 11.1. The van der Waals surface area contributed by atoms with E-state index in [9.17, 15) is 14.4 Å². The molecule has 4 rings (SSSR count). The zero-order valence-corrected chi connectivity index (χ0v) is 18.4. The lowest BCUT2D eigenvalue weighted by molar-refractivity contribution is 0.0686. The van der Waals surface area contributed by atoms with Crippen LogP contribution in [0.5, 0.6) is 0 Å². The molecule has 0 atom stereocenters. The SMILES string of the molecule is O=C(N/N=C/c1ccc(-c2ccc(C(=O)O)cc2)o1)N/N=C/c1ccc(-c2ccc(C(=O)O)cc2)o1. The molecule has 2 amide bonds. The van der Waals surface area contributed by atoms with E-state index < -0.39 is 18.0 Å². The van der Waals surface area contributed by atoms with E-state index in [-0.39, 0.29) is 11.1 Å². The fraction of sp³-hybridized carbons (Fsp3) is 0. The van der Waals surface area contributed by atoms with Gasteiger partial charge in [-0.2, -0.15) is 10.2 Å². The van der Waals surface area contributed by atoms with E-state index in [4.69, 9.17) is 19.0 Å². The van der Waals surface area contributed by atoms with Crippen LogP contribution in [0.2, 0.25) is 0 Å². The Bertz CT molecular complexity index is 1340. The molecular weight excluding hydrogens is 468 g/mol. The average Bonchev–Trinajstić information content (AvgIpc) is 3.54. The Morgan fingerprint density at radius 2 is 1.00 bits per heavy atom. The number of benzene rings is 2. The number of rotatable bonds is 8. The van der Waals surface area contributed by atoms with Gasteiger partial charge in [-0.05, 0) is 48.5 Å². The smallest absolute Gasteiger partial charge is 0.355 e. The number of nitrogens with one attached hydrogen (secondary N) is 2. The van der Waals surface area contributed by atoms with Gasteiger partial charge < -0.3 is 19.0 Å². The standard InChI is InChI=1S/C25H18N4O7/c30-23(31)17-5-1-15(2-6-17)21-11-9-19(35-21)13-26-28-25(34)29-27-14-20-10-12-22(36-20)16-3-7-18(8-4-16)24(32)33/h1-14H,(H,30,31)(H,32,33)(H2,28,29,34)/b26-13+,27-14+. The zero-order chi connectivity index (χ0) is 25.5. The number of hydrazone groups is 2. The molecule has 2 heterocycles. The highest BCUT2D eigenvalue weighted by Crippen LogP contribution is 2.23. The summed E-state index contributed by atoms with van der Waals surface area (Å²) in [5, 5.41) is 25.5. The maximum absolute atomic E-state index is 11.8. The van der Waals surface area contributed by atoms with Crippen molar-refractivity contribution in [1.82, 2.24) is 10.9 Å². The van der Waals surface area contributed by atoms with Crippen LogP contribution < -0.4 is 10.9 Å². The largest absolute Gasteiger partial charge is 0.478 e. The molecule has 0 spiro atoms. The van der Waals surface area contributed by atoms with Crippen molar-refractivity contribution < 1.29 is 33.4 Å². The average molecular weight is 486 g/mol. The molecule has 4 N–H and O–H groups in total. The molecule has 2 aromatic carbocycles. The van der Waals surface area contributed by atoms with Crippen LogP contribution in [0.15, 0.2) is 91.8 Å². The van der Waals surface area contributed by atoms with Crippen molar-refractivity contribution in [3.8, 4) is 22.6 Å². The van der Waals surface area contributed by atoms with Crippen molar-refractivity contribution in [2.75, 3.05) is 0 Å². The molecular formula is C25H18N4O7. The third-order valence-electron chi connectivity index (χ3n) is 4.80. The number of urea groups is 1. The summed E-state index contributed by atoms with van der Waals surface area (Å²) in [4.78, 5) is 33.7. The van der Waals surface area contributed by atoms with Crippen LogP contribution in [-0.2, 0) is 0 Å². The summed E-state index contributed by atoms with van der Waals surface area (Å²) in [6.07, 6.45) is 2.60. The van der Waals surface area contributed by atoms with Crippen molar-refractivity contribution in [2.24, 2.45) is 10.2 Å². The summed E-state index contributed by atoms with van der Waals surface area (Å²) in [5.74, 6) is -0.259. The Balaban J connectivity index is 1.26. The number of carboxylic acid groups (broad SMARTS) is 2. The summed E-state index contributed by atoms with van der Waals surface area (Å²) in [6.45, 7) is 0. The van der Waals surface area contributed by atoms with Gasteiger partial charge in [-0.25, -0.2) is 25.2 Å². The molecule has 180 valence electrons. The third-order valence-corrected chi connectivity index (χ3v) is 4.80. The maximum Gasteiger partial charge on any atom is 0.355 e. The lowest BCUT2D eigenvalue weighted by Crippen LogP contribution is -2.28. The van der Waals surface area contributed by atoms with Crippen molar-refractivity contribution >= 4 is 30.4 Å². The monoisotopic (exact) mass is 486 g/mol. The fourth-order valence-electron chi connectivity index (χ4n) is 3.04. The quantitative estimate of drug-likeness (QED) is 0.213. The number of hydrogen-bond acceptors (Lipinski definition) is 7. The Morgan fingerprint density at radius 3 is 1.36 bits per heavy atom. The van der Waals surface area contributed by atoms with E-state index in [2.05, 4.69) is 21.1 Å². The first-order valence-corrected chi connectivity index (χ1v) is 10.4. The summed E-state index contributed by atoms with van der Waals surface area (Å²) >= 11 is 0. The minimum absolute atomic E-state index is 0.171. The van der Waals surface area contributed by atoms with Crippen LogP contribution in [0.1, 0.15) is 32.2 Å². The van der Waals surface area contributed by atoms with Gasteiger partial charge in [-0.1, -0.05) is 24.3 Å². The van der Waals surface area contributed by atoms with Gasteiger partial charge in [0.15, 0.2) is 0 Å². The number of furan rings is 2. The minimum Gasteiger partial charge on any atom is -0.478 e. The van der Waals surface area contributed by atoms with Crippen LogP contribution >= 0.6 is 0 Å². The lowest BCUT2D eigenvalue weighted by atomic mass is 10.1. The molecule has 0 saturated heterocycles. The number of carbonyl (C=O) groups excluding carboxylic acids is 1. The fourth-order valence-corrected chi connectivity index (χ4v) is 3.04. The number of amides is 2. The van der Waals surface area contributed by atoms with Gasteiger partial charge in [0.05, 0.1) is 23.6 Å². The summed E-state index contributed by atoms with van der Waals surface area (Å²) in [5.41, 5.74) is 6.19. The molecule has 0 aliphatic rings. The van der Waals surface area contributed by atoms with Crippen LogP contribution in [0.4, 0.5) is 4.79 Å². The molecule has 0 unspecified atom stereocenters. The second-order valence-electron chi connectivity index (χ2n) is 7.24. The molecule has 0 saturated carbocycles. The number of aromatic carboxylic acids is 2. The molecule has 11 heteroatoms. The Kier molecular flexibility index (Phi) is 7.01. The van der Waals surface area contributed by atoms with Crippen LogP contribution in [0.3, 0.4) is 0 Å². The predicted molar refractivity (Wildman–Crippen MR) is 129 cm³/mol. The first-order valence-electron chi connectivity index (χ1n) is 10.4. The highest BCUT2D eigenvalue weighted by atomic mass is 16.4. The molecule has 36 heavy (non-hydrogen) atoms. The summed E-state index contributed by atoms with van der Waals surface area (Å²) in [6, 6.07) is 18.4. The molecule has 11 nitrogen and oxygen atoms in total. The van der Waals surface area contributed by atoms with E-state index in [1.54, 1.807) is 48.5 Å². The van der Waals surface area contributed by atoms with Crippen molar-refractivity contribution in [2.45, 2.75) is 0 Å². The first kappa shape index (κ1) is 23.7. The minimum atomic E-state index is -1.01. The highest BCUT2D eigenvalue weighted by Gasteiger charge is 2.08. The molecule has 0 radical (unpaired) electrons. The van der Waals surface area contributed by atoms with E-state index >= 15 is 0 Å². The molecule has 0 fully saturated rings. The Morgan fingerprint density at radius 1 is 0.611 bits per heavy atom. The van der Waals surface area contributed by atoms with Gasteiger partial charge in [-0.3, -0.25) is 0 Å². The summed E-state index contributed by atoms with van der Waals surface area (Å²) < 4.78 is 11.2. The number of nitrogens with zero attached hydrogens (tertiary/aromatic N) is 2. The van der Waals surface area contributed by atoms with Gasteiger partial charge in [0.1, 0.15) is 23.0 Å². The first-order chi connectivity index (χ1) is 17.4. The van der Waals surface area contributed by atoms with Crippen molar-refractivity contribution in [1.29, 1.82) is 0 Å². The molecule has 4 aromatic rings. The molecule has 0 aliphatic carbocycles. The topological polar surface area (TPSA) is 167 Å². The molecule has 0 aliphatic heterocycles. The number of carboxylic acids is 2. The third kappa shape index (κ3) is 5.91. The maximum atomic E-state index is 11.8. The zero-order valence-electron chi connectivity index (χ0n) is 18.4. The van der Waals surface area contributed by atoms with E-state index in [1.165, 1.54) is 36.7 Å². The molecule has 0 bridgehead atoms. The second-order valence-corrected chi connectivity index (χ2v) is 7.24. The number of carbonyl (C=O) groups is 3.